The van der Waals surface area contributed by atoms with Gasteiger partial charge in [0.25, 0.3) is 0 Å². The van der Waals surface area contributed by atoms with E-state index in [1.54, 1.807) is 0 Å². The Bertz CT molecular complexity index is 1230. The predicted octanol–water partition coefficient (Wildman–Crippen LogP) is 3.64. The molecule has 3 aromatic rings. The van der Waals surface area contributed by atoms with Gasteiger partial charge in [0, 0.05) is 25.6 Å². The highest BCUT2D eigenvalue weighted by atomic mass is 16.5. The number of piperidine rings is 1. The number of nitrogens with one attached hydrogen (secondary N) is 1. The van der Waals surface area contributed by atoms with Crippen molar-refractivity contribution >= 4 is 22.9 Å². The lowest BCUT2D eigenvalue weighted by Gasteiger charge is -2.32. The number of aromatic nitrogens is 2. The minimum atomic E-state index is 0.0195. The van der Waals surface area contributed by atoms with Crippen LogP contribution < -0.4 is 10.2 Å². The normalized spacial score (nSPS) is 19.1. The minimum Gasteiger partial charge on any atom is -0.379 e. The summed E-state index contributed by atoms with van der Waals surface area (Å²) in [5.41, 5.74) is 5.93. The second-order valence-corrected chi connectivity index (χ2v) is 9.16. The van der Waals surface area contributed by atoms with E-state index in [1.165, 1.54) is 11.1 Å². The summed E-state index contributed by atoms with van der Waals surface area (Å²) in [6, 6.07) is 14.3. The Kier molecular flexibility index (Phi) is 5.77. The lowest BCUT2D eigenvalue weighted by molar-refractivity contribution is -0.126. The maximum atomic E-state index is 12.7. The molecule has 7 nitrogen and oxygen atoms in total. The SMILES string of the molecule is Cc1cc2nc(N3CCC(C(=O)N[C@@H]4CCOC4)CC3)n(-c3cccc(C#N)c3)c2cc1C. The van der Waals surface area contributed by atoms with Crippen molar-refractivity contribution in [2.24, 2.45) is 5.92 Å². The second kappa shape index (κ2) is 8.87. The summed E-state index contributed by atoms with van der Waals surface area (Å²) in [6.45, 7) is 7.08. The first-order valence-corrected chi connectivity index (χ1v) is 11.7. The summed E-state index contributed by atoms with van der Waals surface area (Å²) in [6.07, 6.45) is 2.48. The van der Waals surface area contributed by atoms with Crippen LogP contribution in [0.3, 0.4) is 0 Å². The van der Waals surface area contributed by atoms with Crippen molar-refractivity contribution < 1.29 is 9.53 Å². The Hall–Kier alpha value is -3.37. The Morgan fingerprint density at radius 3 is 2.67 bits per heavy atom. The molecule has 0 radical (unpaired) electrons. The van der Waals surface area contributed by atoms with E-state index in [-0.39, 0.29) is 17.9 Å². The van der Waals surface area contributed by atoms with Crippen molar-refractivity contribution in [2.75, 3.05) is 31.2 Å². The zero-order valence-electron chi connectivity index (χ0n) is 19.2. The molecule has 3 heterocycles. The minimum absolute atomic E-state index is 0.0195. The Morgan fingerprint density at radius 1 is 1.15 bits per heavy atom. The number of nitrogens with zero attached hydrogens (tertiary/aromatic N) is 4. The number of aryl methyl sites for hydroxylation is 2. The summed E-state index contributed by atoms with van der Waals surface area (Å²) >= 11 is 0. The van der Waals surface area contributed by atoms with Crippen molar-refractivity contribution in [3.05, 3.63) is 53.1 Å². The van der Waals surface area contributed by atoms with Gasteiger partial charge in [-0.15, -0.1) is 0 Å². The van der Waals surface area contributed by atoms with E-state index in [9.17, 15) is 10.1 Å². The van der Waals surface area contributed by atoms with E-state index < -0.39 is 0 Å². The van der Waals surface area contributed by atoms with Gasteiger partial charge in [0.05, 0.1) is 41.0 Å². The van der Waals surface area contributed by atoms with Crippen LogP contribution in [0.4, 0.5) is 5.95 Å². The van der Waals surface area contributed by atoms with Crippen LogP contribution in [0, 0.1) is 31.1 Å². The highest BCUT2D eigenvalue weighted by Gasteiger charge is 2.30. The first kappa shape index (κ1) is 21.5. The van der Waals surface area contributed by atoms with Gasteiger partial charge in [-0.25, -0.2) is 4.98 Å². The average molecular weight is 444 g/mol. The van der Waals surface area contributed by atoms with Gasteiger partial charge in [0.1, 0.15) is 0 Å². The number of ether oxygens (including phenoxy) is 1. The third-order valence-electron chi connectivity index (χ3n) is 6.91. The molecule has 1 amide bonds. The largest absolute Gasteiger partial charge is 0.379 e. The molecule has 5 rings (SSSR count). The topological polar surface area (TPSA) is 83.2 Å². The molecule has 0 unspecified atom stereocenters. The Balaban J connectivity index is 1.44. The highest BCUT2D eigenvalue weighted by Crippen LogP contribution is 2.32. The molecule has 0 spiro atoms. The van der Waals surface area contributed by atoms with Gasteiger partial charge >= 0.3 is 0 Å². The van der Waals surface area contributed by atoms with Gasteiger partial charge in [0.15, 0.2) is 0 Å². The molecule has 2 saturated heterocycles. The number of hydrogen-bond acceptors (Lipinski definition) is 5. The molecule has 1 N–H and O–H groups in total. The standard InChI is InChI=1S/C26H29N5O2/c1-17-12-23-24(13-18(17)2)31(22-5-3-4-19(14-22)15-27)26(29-23)30-9-6-20(7-10-30)25(32)28-21-8-11-33-16-21/h3-5,12-14,20-21H,6-11,16H2,1-2H3,(H,28,32)/t21-/m1/s1. The van der Waals surface area contributed by atoms with Crippen molar-refractivity contribution in [1.29, 1.82) is 5.26 Å². The third kappa shape index (κ3) is 4.19. The van der Waals surface area contributed by atoms with Gasteiger partial charge in [-0.05, 0) is 74.6 Å². The number of rotatable bonds is 4. The summed E-state index contributed by atoms with van der Waals surface area (Å²) in [4.78, 5) is 20.0. The first-order valence-electron chi connectivity index (χ1n) is 11.7. The van der Waals surface area contributed by atoms with Crippen molar-refractivity contribution in [2.45, 2.75) is 39.2 Å². The van der Waals surface area contributed by atoms with Crippen molar-refractivity contribution in [1.82, 2.24) is 14.9 Å². The fraction of sp³-hybridized carbons (Fsp3) is 0.423. The summed E-state index contributed by atoms with van der Waals surface area (Å²) < 4.78 is 7.54. The number of fused-ring (bicyclic) bond motifs is 1. The maximum absolute atomic E-state index is 12.7. The fourth-order valence-corrected chi connectivity index (χ4v) is 4.81. The summed E-state index contributed by atoms with van der Waals surface area (Å²) in [7, 11) is 0. The van der Waals surface area contributed by atoms with Gasteiger partial charge in [-0.3, -0.25) is 9.36 Å². The number of nitriles is 1. The molecule has 0 saturated carbocycles. The number of carbonyl (C=O) groups excluding carboxylic acids is 1. The van der Waals surface area contributed by atoms with E-state index in [0.29, 0.717) is 12.2 Å². The van der Waals surface area contributed by atoms with Gasteiger partial charge < -0.3 is 15.0 Å². The molecule has 0 aliphatic carbocycles. The lowest BCUT2D eigenvalue weighted by Crippen LogP contribution is -2.44. The maximum Gasteiger partial charge on any atom is 0.223 e. The predicted molar refractivity (Wildman–Crippen MR) is 128 cm³/mol. The Morgan fingerprint density at radius 2 is 1.94 bits per heavy atom. The molecule has 170 valence electrons. The van der Waals surface area contributed by atoms with Crippen molar-refractivity contribution in [3.8, 4) is 11.8 Å². The van der Waals surface area contributed by atoms with Crippen LogP contribution in [0.5, 0.6) is 0 Å². The van der Waals surface area contributed by atoms with E-state index in [1.807, 2.05) is 24.3 Å². The lowest BCUT2D eigenvalue weighted by atomic mass is 9.95. The molecule has 1 aromatic heterocycles. The van der Waals surface area contributed by atoms with E-state index in [2.05, 4.69) is 46.8 Å². The Labute approximate surface area is 194 Å². The van der Waals surface area contributed by atoms with Gasteiger partial charge in [-0.1, -0.05) is 6.07 Å². The van der Waals surface area contributed by atoms with Gasteiger partial charge in [-0.2, -0.15) is 5.26 Å². The molecule has 2 aromatic carbocycles. The number of anilines is 1. The monoisotopic (exact) mass is 443 g/mol. The van der Waals surface area contributed by atoms with Crippen LogP contribution >= 0.6 is 0 Å². The molecule has 7 heteroatoms. The molecular weight excluding hydrogens is 414 g/mol. The second-order valence-electron chi connectivity index (χ2n) is 9.16. The number of benzene rings is 2. The van der Waals surface area contributed by atoms with E-state index >= 15 is 0 Å². The molecular formula is C26H29N5O2. The zero-order chi connectivity index (χ0) is 22.9. The van der Waals surface area contributed by atoms with E-state index in [4.69, 9.17) is 9.72 Å². The van der Waals surface area contributed by atoms with Gasteiger partial charge in [0.2, 0.25) is 11.9 Å². The summed E-state index contributed by atoms with van der Waals surface area (Å²) in [5.74, 6) is 1.03. The van der Waals surface area contributed by atoms with Crippen LogP contribution in [0.1, 0.15) is 36.0 Å². The smallest absolute Gasteiger partial charge is 0.223 e. The highest BCUT2D eigenvalue weighted by molar-refractivity contribution is 5.83. The molecule has 2 aliphatic rings. The first-order chi connectivity index (χ1) is 16.0. The molecule has 0 bridgehead atoms. The number of amides is 1. The van der Waals surface area contributed by atoms with Crippen LogP contribution in [-0.4, -0.2) is 47.8 Å². The molecule has 2 fully saturated rings. The van der Waals surface area contributed by atoms with E-state index in [0.717, 1.165) is 61.6 Å². The van der Waals surface area contributed by atoms with Crippen LogP contribution in [0.2, 0.25) is 0 Å². The van der Waals surface area contributed by atoms with Crippen LogP contribution in [0.15, 0.2) is 36.4 Å². The quantitative estimate of drug-likeness (QED) is 0.666. The molecule has 33 heavy (non-hydrogen) atoms. The molecule has 2 aliphatic heterocycles. The fourth-order valence-electron chi connectivity index (χ4n) is 4.81. The number of imidazole rings is 1. The van der Waals surface area contributed by atoms with Crippen molar-refractivity contribution in [3.63, 3.8) is 0 Å². The zero-order valence-corrected chi connectivity index (χ0v) is 19.2. The van der Waals surface area contributed by atoms with Crippen LogP contribution in [0.25, 0.3) is 16.7 Å². The average Bonchev–Trinajstić information content (AvgIpc) is 3.47. The molecule has 1 atom stereocenters. The summed E-state index contributed by atoms with van der Waals surface area (Å²) in [5, 5.41) is 12.6. The third-order valence-corrected chi connectivity index (χ3v) is 6.91. The van der Waals surface area contributed by atoms with Crippen LogP contribution in [-0.2, 0) is 9.53 Å². The number of carbonyl (C=O) groups is 1. The number of hydrogen-bond donors (Lipinski definition) is 1.